The van der Waals surface area contributed by atoms with Crippen molar-refractivity contribution in [1.82, 2.24) is 5.32 Å². The number of ether oxygens (including phenoxy) is 6. The molecule has 1 N–H and O–H groups in total. The summed E-state index contributed by atoms with van der Waals surface area (Å²) in [5.74, 6) is -0.701. The number of carbonyl (C=O) groups excluding carboxylic acids is 3. The fraction of sp³-hybridized carbons (Fsp3) is 0.400. The van der Waals surface area contributed by atoms with E-state index in [0.29, 0.717) is 26.4 Å². The molecule has 2 fully saturated rings. The zero-order valence-electron chi connectivity index (χ0n) is 31.8. The molecule has 10 heteroatoms. The van der Waals surface area contributed by atoms with Gasteiger partial charge in [-0.15, -0.1) is 0 Å². The van der Waals surface area contributed by atoms with Crippen LogP contribution in [0.4, 0.5) is 0 Å². The van der Waals surface area contributed by atoms with Crippen LogP contribution in [0.3, 0.4) is 0 Å². The van der Waals surface area contributed by atoms with Crippen LogP contribution in [-0.2, 0) is 69.2 Å². The summed E-state index contributed by atoms with van der Waals surface area (Å²) >= 11 is 0. The molecule has 292 valence electrons. The first-order valence-corrected chi connectivity index (χ1v) is 19.0. The van der Waals surface area contributed by atoms with E-state index in [2.05, 4.69) is 17.4 Å². The standard InChI is InChI=1S/C24H29NO6.C21H24O3/c1-17(26)25-21-15-29-22(16-28-18(2)27)24(31-14-20-11-7-4-8-12-20)23(21)30-13-19-9-5-3-6-10-19;22-21(24-16-18-10-5-2-6-11-18)19-12-7-13-20(14-19)23-15-17-8-3-1-4-9-17/h3-12,21-24H,13-16H2,1-2H3,(H,25,26);1-6,8-11,19-20H,7,12-16H2/t21?,22?,23-,24-;19?,20-/m00/s1. The largest absolute Gasteiger partial charge is 0.463 e. The maximum atomic E-state index is 12.3. The van der Waals surface area contributed by atoms with Gasteiger partial charge in [-0.25, -0.2) is 0 Å². The summed E-state index contributed by atoms with van der Waals surface area (Å²) in [6, 6.07) is 39.1. The Kier molecular flexibility index (Phi) is 16.9. The number of amides is 1. The number of hydrogen-bond donors (Lipinski definition) is 1. The third-order valence-electron chi connectivity index (χ3n) is 9.50. The Bertz CT molecular complexity index is 1710. The molecule has 6 atom stereocenters. The quantitative estimate of drug-likeness (QED) is 0.127. The second-order valence-electron chi connectivity index (χ2n) is 13.9. The molecular weight excluding hydrogens is 698 g/mol. The van der Waals surface area contributed by atoms with Crippen LogP contribution in [0.5, 0.6) is 0 Å². The number of nitrogens with one attached hydrogen (secondary N) is 1. The highest BCUT2D eigenvalue weighted by molar-refractivity contribution is 5.73. The summed E-state index contributed by atoms with van der Waals surface area (Å²) in [6.07, 6.45) is 2.31. The molecule has 55 heavy (non-hydrogen) atoms. The van der Waals surface area contributed by atoms with Crippen LogP contribution in [0.25, 0.3) is 0 Å². The van der Waals surface area contributed by atoms with E-state index in [1.165, 1.54) is 19.4 Å². The van der Waals surface area contributed by atoms with Gasteiger partial charge in [-0.1, -0.05) is 128 Å². The molecule has 1 heterocycles. The minimum Gasteiger partial charge on any atom is -0.463 e. The Morgan fingerprint density at radius 1 is 0.618 bits per heavy atom. The molecule has 1 aliphatic heterocycles. The predicted molar refractivity (Wildman–Crippen MR) is 207 cm³/mol. The van der Waals surface area contributed by atoms with Crippen molar-refractivity contribution in [2.75, 3.05) is 13.2 Å². The highest BCUT2D eigenvalue weighted by Gasteiger charge is 2.43. The Balaban J connectivity index is 0.000000218. The van der Waals surface area contributed by atoms with Gasteiger partial charge in [-0.05, 0) is 41.5 Å². The van der Waals surface area contributed by atoms with Gasteiger partial charge in [0.25, 0.3) is 0 Å². The van der Waals surface area contributed by atoms with E-state index in [-0.39, 0.29) is 37.1 Å². The van der Waals surface area contributed by atoms with Crippen LogP contribution in [0.15, 0.2) is 121 Å². The summed E-state index contributed by atoms with van der Waals surface area (Å²) in [5, 5.41) is 2.90. The third kappa shape index (κ3) is 14.4. The average molecular weight is 752 g/mol. The Morgan fingerprint density at radius 2 is 1.11 bits per heavy atom. The van der Waals surface area contributed by atoms with Crippen molar-refractivity contribution in [3.05, 3.63) is 144 Å². The van der Waals surface area contributed by atoms with Crippen molar-refractivity contribution in [2.24, 2.45) is 5.92 Å². The third-order valence-corrected chi connectivity index (χ3v) is 9.50. The van der Waals surface area contributed by atoms with Crippen LogP contribution in [0.2, 0.25) is 0 Å². The van der Waals surface area contributed by atoms with Gasteiger partial charge in [0.1, 0.15) is 31.5 Å². The van der Waals surface area contributed by atoms with Crippen LogP contribution < -0.4 is 5.32 Å². The lowest BCUT2D eigenvalue weighted by Crippen LogP contribution is -2.61. The summed E-state index contributed by atoms with van der Waals surface area (Å²) in [7, 11) is 0. The molecule has 0 spiro atoms. The van der Waals surface area contributed by atoms with Crippen molar-refractivity contribution in [3.8, 4) is 0 Å². The summed E-state index contributed by atoms with van der Waals surface area (Å²) in [6.45, 7) is 4.74. The molecule has 1 saturated carbocycles. The molecule has 0 bridgehead atoms. The maximum absolute atomic E-state index is 12.3. The van der Waals surface area contributed by atoms with Gasteiger partial charge in [0, 0.05) is 13.8 Å². The normalized spacial score (nSPS) is 22.0. The van der Waals surface area contributed by atoms with Crippen LogP contribution in [-0.4, -0.2) is 61.5 Å². The van der Waals surface area contributed by atoms with E-state index < -0.39 is 30.3 Å². The molecule has 6 rings (SSSR count). The molecule has 2 aliphatic rings. The van der Waals surface area contributed by atoms with E-state index in [1.54, 1.807) is 0 Å². The first-order valence-electron chi connectivity index (χ1n) is 19.0. The fourth-order valence-corrected chi connectivity index (χ4v) is 6.68. The minimum absolute atomic E-state index is 0.0387. The first kappa shape index (κ1) is 41.3. The predicted octanol–water partition coefficient (Wildman–Crippen LogP) is 7.13. The summed E-state index contributed by atoms with van der Waals surface area (Å²) in [4.78, 5) is 35.5. The molecule has 4 aromatic carbocycles. The number of benzene rings is 4. The minimum atomic E-state index is -0.547. The molecule has 1 aliphatic carbocycles. The molecule has 0 radical (unpaired) electrons. The summed E-state index contributed by atoms with van der Waals surface area (Å²) in [5.41, 5.74) is 4.20. The molecule has 3 unspecified atom stereocenters. The lowest BCUT2D eigenvalue weighted by molar-refractivity contribution is -0.208. The summed E-state index contributed by atoms with van der Waals surface area (Å²) < 4.78 is 35.1. The van der Waals surface area contributed by atoms with E-state index in [0.717, 1.165) is 42.4 Å². The highest BCUT2D eigenvalue weighted by Crippen LogP contribution is 2.29. The van der Waals surface area contributed by atoms with Crippen molar-refractivity contribution >= 4 is 17.8 Å². The monoisotopic (exact) mass is 751 g/mol. The zero-order valence-corrected chi connectivity index (χ0v) is 31.8. The number of carbonyl (C=O) groups is 3. The van der Waals surface area contributed by atoms with Gasteiger partial charge in [-0.3, -0.25) is 14.4 Å². The highest BCUT2D eigenvalue weighted by atomic mass is 16.6. The van der Waals surface area contributed by atoms with E-state index in [9.17, 15) is 14.4 Å². The van der Waals surface area contributed by atoms with Gasteiger partial charge in [-0.2, -0.15) is 0 Å². The molecule has 10 nitrogen and oxygen atoms in total. The number of hydrogen-bond acceptors (Lipinski definition) is 9. The van der Waals surface area contributed by atoms with Crippen molar-refractivity contribution in [3.63, 3.8) is 0 Å². The Labute approximate surface area is 324 Å². The van der Waals surface area contributed by atoms with Gasteiger partial charge in [0.2, 0.25) is 5.91 Å². The second kappa shape index (κ2) is 22.5. The van der Waals surface area contributed by atoms with Crippen molar-refractivity contribution < 1.29 is 42.8 Å². The van der Waals surface area contributed by atoms with Crippen LogP contribution in [0, 0.1) is 5.92 Å². The SMILES string of the molecule is CC(=O)NC1COC(COC(C)=O)[C@H](OCc2ccccc2)[C@H]1OCc1ccccc1.O=C(OCc1ccccc1)C1CCC[C@H](OCc2ccccc2)C1. The fourth-order valence-electron chi connectivity index (χ4n) is 6.68. The van der Waals surface area contributed by atoms with Gasteiger partial charge in [0.05, 0.1) is 44.5 Å². The zero-order chi connectivity index (χ0) is 38.7. The molecular formula is C45H53NO9. The van der Waals surface area contributed by atoms with E-state index in [4.69, 9.17) is 28.4 Å². The Morgan fingerprint density at radius 3 is 1.62 bits per heavy atom. The molecule has 1 amide bonds. The van der Waals surface area contributed by atoms with Crippen molar-refractivity contribution in [2.45, 2.75) is 96.4 Å². The average Bonchev–Trinajstić information content (AvgIpc) is 3.22. The van der Waals surface area contributed by atoms with E-state index in [1.807, 2.05) is 109 Å². The first-order chi connectivity index (χ1) is 26.8. The lowest BCUT2D eigenvalue weighted by atomic mass is 9.87. The number of esters is 2. The number of rotatable bonds is 15. The maximum Gasteiger partial charge on any atom is 0.309 e. The van der Waals surface area contributed by atoms with Gasteiger partial charge >= 0.3 is 11.9 Å². The second-order valence-corrected chi connectivity index (χ2v) is 13.9. The lowest BCUT2D eigenvalue weighted by Gasteiger charge is -2.42. The van der Waals surface area contributed by atoms with Crippen LogP contribution >= 0.6 is 0 Å². The van der Waals surface area contributed by atoms with Gasteiger partial charge in [0.15, 0.2) is 0 Å². The van der Waals surface area contributed by atoms with Crippen molar-refractivity contribution in [1.29, 1.82) is 0 Å². The topological polar surface area (TPSA) is 119 Å². The van der Waals surface area contributed by atoms with E-state index >= 15 is 0 Å². The molecule has 4 aromatic rings. The molecule has 0 aromatic heterocycles. The molecule has 1 saturated heterocycles. The van der Waals surface area contributed by atoms with Crippen LogP contribution in [0.1, 0.15) is 61.8 Å². The van der Waals surface area contributed by atoms with Gasteiger partial charge < -0.3 is 33.7 Å². The Hall–Kier alpha value is -4.87. The smallest absolute Gasteiger partial charge is 0.309 e.